The topological polar surface area (TPSA) is 53.7 Å². The van der Waals surface area contributed by atoms with Crippen LogP contribution in [-0.4, -0.2) is 29.8 Å². The van der Waals surface area contributed by atoms with Gasteiger partial charge in [0, 0.05) is 20.3 Å². The zero-order valence-electron chi connectivity index (χ0n) is 9.10. The van der Waals surface area contributed by atoms with Gasteiger partial charge in [0.2, 0.25) is 0 Å². The summed E-state index contributed by atoms with van der Waals surface area (Å²) in [5, 5.41) is 0. The number of benzene rings is 1. The molecule has 0 amide bonds. The maximum Gasteiger partial charge on any atom is 0.505 e. The molecule has 0 spiro atoms. The molecule has 1 aromatic rings. The molecule has 0 aliphatic rings. The Kier molecular flexibility index (Phi) is 4.93. The monoisotopic (exact) mass is 227 g/mol. The van der Waals surface area contributed by atoms with Crippen LogP contribution in [0.25, 0.3) is 0 Å². The van der Waals surface area contributed by atoms with E-state index in [9.17, 15) is 0 Å². The smallest absolute Gasteiger partial charge is 0.377 e. The van der Waals surface area contributed by atoms with Gasteiger partial charge >= 0.3 is 8.80 Å². The van der Waals surface area contributed by atoms with Crippen LogP contribution in [0.3, 0.4) is 0 Å². The van der Waals surface area contributed by atoms with Gasteiger partial charge in [0.25, 0.3) is 0 Å². The van der Waals surface area contributed by atoms with Gasteiger partial charge in [-0.05, 0) is 5.56 Å². The summed E-state index contributed by atoms with van der Waals surface area (Å²) in [6.07, 6.45) is 0. The molecule has 2 N–H and O–H groups in total. The van der Waals surface area contributed by atoms with E-state index in [1.807, 2.05) is 30.3 Å². The quantitative estimate of drug-likeness (QED) is 0.580. The Morgan fingerprint density at radius 2 is 1.73 bits per heavy atom. The first-order valence-corrected chi connectivity index (χ1v) is 6.68. The van der Waals surface area contributed by atoms with Crippen LogP contribution < -0.4 is 5.73 Å². The fourth-order valence-electron chi connectivity index (χ4n) is 1.37. The zero-order valence-corrected chi connectivity index (χ0v) is 10.1. The Hall–Kier alpha value is -0.723. The van der Waals surface area contributed by atoms with Crippen LogP contribution in [-0.2, 0) is 19.3 Å². The molecule has 0 aromatic heterocycles. The van der Waals surface area contributed by atoms with Gasteiger partial charge in [-0.15, -0.1) is 0 Å². The summed E-state index contributed by atoms with van der Waals surface area (Å²) in [7, 11) is 0.574. The molecule has 0 atom stereocenters. The summed E-state index contributed by atoms with van der Waals surface area (Å²) in [6, 6.07) is 10.6. The van der Waals surface area contributed by atoms with E-state index in [-0.39, 0.29) is 6.73 Å². The van der Waals surface area contributed by atoms with Gasteiger partial charge in [0.1, 0.15) is 0 Å². The lowest BCUT2D eigenvalue weighted by atomic mass is 10.2. The van der Waals surface area contributed by atoms with Gasteiger partial charge in [0.05, 0.1) is 6.73 Å². The second kappa shape index (κ2) is 5.99. The van der Waals surface area contributed by atoms with Gasteiger partial charge in [-0.3, -0.25) is 0 Å². The minimum absolute atomic E-state index is 0.112. The van der Waals surface area contributed by atoms with Crippen molar-refractivity contribution in [1.29, 1.82) is 0 Å². The molecule has 0 radical (unpaired) electrons. The van der Waals surface area contributed by atoms with E-state index in [4.69, 9.17) is 19.0 Å². The van der Waals surface area contributed by atoms with Gasteiger partial charge < -0.3 is 19.0 Å². The number of hydrogen-bond donors (Lipinski definition) is 1. The normalized spacial score (nSPS) is 11.7. The maximum absolute atomic E-state index is 5.40. The summed E-state index contributed by atoms with van der Waals surface area (Å²) in [4.78, 5) is 0. The van der Waals surface area contributed by atoms with Crippen molar-refractivity contribution in [3.8, 4) is 0 Å². The van der Waals surface area contributed by atoms with Crippen molar-refractivity contribution in [1.82, 2.24) is 0 Å². The minimum atomic E-state index is -2.61. The predicted octanol–water partition coefficient (Wildman–Crippen LogP) is 0.933. The first-order chi connectivity index (χ1) is 7.26. The van der Waals surface area contributed by atoms with Crippen molar-refractivity contribution < 1.29 is 13.3 Å². The summed E-state index contributed by atoms with van der Waals surface area (Å²) in [5.41, 5.74) is 6.50. The lowest BCUT2D eigenvalue weighted by Gasteiger charge is -2.25. The first kappa shape index (κ1) is 12.3. The SMILES string of the molecule is CO[Si](Cc1ccccc1)(OC)OCN. The van der Waals surface area contributed by atoms with E-state index in [1.54, 1.807) is 14.2 Å². The van der Waals surface area contributed by atoms with Crippen LogP contribution in [0.1, 0.15) is 5.56 Å². The van der Waals surface area contributed by atoms with Crippen molar-refractivity contribution in [3.05, 3.63) is 35.9 Å². The third kappa shape index (κ3) is 3.40. The van der Waals surface area contributed by atoms with Gasteiger partial charge in [-0.1, -0.05) is 30.3 Å². The molecule has 0 aliphatic heterocycles. The second-order valence-corrected chi connectivity index (χ2v) is 5.89. The van der Waals surface area contributed by atoms with Crippen LogP contribution >= 0.6 is 0 Å². The van der Waals surface area contributed by atoms with Gasteiger partial charge in [-0.2, -0.15) is 0 Å². The van der Waals surface area contributed by atoms with E-state index in [0.717, 1.165) is 5.56 Å². The first-order valence-electron chi connectivity index (χ1n) is 4.74. The lowest BCUT2D eigenvalue weighted by molar-refractivity contribution is 0.100. The standard InChI is InChI=1S/C10H17NO3Si/c1-12-15(13-2,14-9-11)8-10-6-4-3-5-7-10/h3-7H,8-9,11H2,1-2H3. The second-order valence-electron chi connectivity index (χ2n) is 3.06. The zero-order chi connectivity index (χ0) is 11.1. The van der Waals surface area contributed by atoms with Crippen LogP contribution in [0.15, 0.2) is 30.3 Å². The van der Waals surface area contributed by atoms with Crippen molar-refractivity contribution in [2.45, 2.75) is 6.04 Å². The van der Waals surface area contributed by atoms with Crippen molar-refractivity contribution in [3.63, 3.8) is 0 Å². The van der Waals surface area contributed by atoms with Gasteiger partial charge in [0.15, 0.2) is 0 Å². The Morgan fingerprint density at radius 3 is 2.20 bits per heavy atom. The fourth-order valence-corrected chi connectivity index (χ4v) is 3.15. The van der Waals surface area contributed by atoms with E-state index in [2.05, 4.69) is 0 Å². The minimum Gasteiger partial charge on any atom is -0.377 e. The van der Waals surface area contributed by atoms with Crippen LogP contribution in [0.5, 0.6) is 0 Å². The Labute approximate surface area is 91.3 Å². The van der Waals surface area contributed by atoms with E-state index in [1.165, 1.54) is 0 Å². The van der Waals surface area contributed by atoms with Gasteiger partial charge in [-0.25, -0.2) is 0 Å². The summed E-state index contributed by atoms with van der Waals surface area (Å²) in [5.74, 6) is 0. The molecule has 0 bridgehead atoms. The average molecular weight is 227 g/mol. The Balaban J connectivity index is 2.74. The highest BCUT2D eigenvalue weighted by Crippen LogP contribution is 2.14. The van der Waals surface area contributed by atoms with E-state index < -0.39 is 8.80 Å². The number of hydrogen-bond acceptors (Lipinski definition) is 4. The highest BCUT2D eigenvalue weighted by molar-refractivity contribution is 6.60. The average Bonchev–Trinajstić information content (AvgIpc) is 2.30. The third-order valence-corrected chi connectivity index (χ3v) is 4.88. The lowest BCUT2D eigenvalue weighted by Crippen LogP contribution is -2.48. The maximum atomic E-state index is 5.40. The van der Waals surface area contributed by atoms with E-state index >= 15 is 0 Å². The van der Waals surface area contributed by atoms with Crippen molar-refractivity contribution in [2.24, 2.45) is 5.73 Å². The van der Waals surface area contributed by atoms with Crippen LogP contribution in [0.2, 0.25) is 0 Å². The summed E-state index contributed by atoms with van der Waals surface area (Å²) in [6.45, 7) is 0.112. The molecule has 0 saturated heterocycles. The molecule has 84 valence electrons. The third-order valence-electron chi connectivity index (χ3n) is 2.19. The molecule has 4 nitrogen and oxygen atoms in total. The highest BCUT2D eigenvalue weighted by Gasteiger charge is 2.38. The van der Waals surface area contributed by atoms with Crippen LogP contribution in [0.4, 0.5) is 0 Å². The molecule has 0 aliphatic carbocycles. The molecular formula is C10H17NO3Si. The molecular weight excluding hydrogens is 210 g/mol. The number of rotatable bonds is 6. The molecule has 0 heterocycles. The molecule has 5 heteroatoms. The van der Waals surface area contributed by atoms with Crippen LogP contribution in [0, 0.1) is 0 Å². The van der Waals surface area contributed by atoms with Crippen molar-refractivity contribution in [2.75, 3.05) is 21.0 Å². The molecule has 1 rings (SSSR count). The Bertz CT molecular complexity index is 277. The molecule has 15 heavy (non-hydrogen) atoms. The highest BCUT2D eigenvalue weighted by atomic mass is 28.4. The Morgan fingerprint density at radius 1 is 1.13 bits per heavy atom. The molecule has 0 saturated carbocycles. The molecule has 1 aromatic carbocycles. The fraction of sp³-hybridized carbons (Fsp3) is 0.400. The summed E-state index contributed by atoms with van der Waals surface area (Å²) >= 11 is 0. The molecule has 0 fully saturated rings. The molecule has 0 unspecified atom stereocenters. The predicted molar refractivity (Wildman–Crippen MR) is 60.1 cm³/mol. The van der Waals surface area contributed by atoms with E-state index in [0.29, 0.717) is 6.04 Å². The van der Waals surface area contributed by atoms with Crippen molar-refractivity contribution >= 4 is 8.80 Å². The largest absolute Gasteiger partial charge is 0.505 e. The number of nitrogens with two attached hydrogens (primary N) is 1. The summed E-state index contributed by atoms with van der Waals surface area (Å²) < 4.78 is 16.1.